The van der Waals surface area contributed by atoms with Crippen molar-refractivity contribution in [1.29, 1.82) is 0 Å². The number of hydrogen-bond acceptors (Lipinski definition) is 3. The molecule has 1 aromatic carbocycles. The van der Waals surface area contributed by atoms with Gasteiger partial charge in [0.1, 0.15) is 5.82 Å². The highest BCUT2D eigenvalue weighted by atomic mass is 16.3. The van der Waals surface area contributed by atoms with E-state index in [9.17, 15) is 5.11 Å². The lowest BCUT2D eigenvalue weighted by Crippen LogP contribution is -2.22. The molecule has 3 heteroatoms. The summed E-state index contributed by atoms with van der Waals surface area (Å²) in [5.74, 6) is 0.937. The van der Waals surface area contributed by atoms with E-state index in [1.54, 1.807) is 0 Å². The van der Waals surface area contributed by atoms with Crippen LogP contribution in [0.25, 0.3) is 0 Å². The van der Waals surface area contributed by atoms with Gasteiger partial charge >= 0.3 is 0 Å². The highest BCUT2D eigenvalue weighted by Crippen LogP contribution is 2.29. The van der Waals surface area contributed by atoms with Crippen molar-refractivity contribution in [1.82, 2.24) is 9.97 Å². The first-order valence-electron chi connectivity index (χ1n) is 13.9. The van der Waals surface area contributed by atoms with Crippen LogP contribution in [0.4, 0.5) is 0 Å². The van der Waals surface area contributed by atoms with Crippen molar-refractivity contribution < 1.29 is 5.11 Å². The Morgan fingerprint density at radius 2 is 0.944 bits per heavy atom. The molecule has 210 valence electrons. The molecule has 2 aromatic rings. The predicted molar refractivity (Wildman–Crippen MR) is 163 cm³/mol. The highest BCUT2D eigenvalue weighted by Gasteiger charge is 2.23. The Balaban J connectivity index is -0.000000501. The number of aromatic nitrogens is 2. The van der Waals surface area contributed by atoms with Crippen LogP contribution < -0.4 is 0 Å². The smallest absolute Gasteiger partial charge is 0.134 e. The minimum Gasteiger partial charge on any atom is -0.386 e. The number of aryl methyl sites for hydroxylation is 2. The van der Waals surface area contributed by atoms with E-state index in [1.165, 1.54) is 11.1 Å². The number of hydrogen-bond donors (Lipinski definition) is 1. The zero-order chi connectivity index (χ0) is 29.7. The molecule has 0 unspecified atom stereocenters. The number of nitrogens with zero attached hydrogens (tertiary/aromatic N) is 2. The van der Waals surface area contributed by atoms with Crippen LogP contribution in [0.5, 0.6) is 0 Å². The average Bonchev–Trinajstić information content (AvgIpc) is 2.75. The topological polar surface area (TPSA) is 46.0 Å². The lowest BCUT2D eigenvalue weighted by molar-refractivity contribution is 0.0784. The van der Waals surface area contributed by atoms with Crippen molar-refractivity contribution in [3.8, 4) is 0 Å². The van der Waals surface area contributed by atoms with Crippen molar-refractivity contribution in [3.63, 3.8) is 0 Å². The molecule has 1 heterocycles. The molecule has 0 aliphatic heterocycles. The minimum absolute atomic E-state index is 0.0199. The third-order valence-corrected chi connectivity index (χ3v) is 4.94. The second-order valence-corrected chi connectivity index (χ2v) is 12.1. The van der Waals surface area contributed by atoms with Gasteiger partial charge in [-0.05, 0) is 50.3 Å². The fraction of sp³-hybridized carbons (Fsp3) is 0.697. The molecule has 1 aromatic heterocycles. The summed E-state index contributed by atoms with van der Waals surface area (Å²) in [6.07, 6.45) is 0. The lowest BCUT2D eigenvalue weighted by atomic mass is 9.83. The van der Waals surface area contributed by atoms with Gasteiger partial charge in [-0.25, -0.2) is 9.97 Å². The Hall–Kier alpha value is -1.74. The van der Waals surface area contributed by atoms with Crippen molar-refractivity contribution in [2.24, 2.45) is 0 Å². The van der Waals surface area contributed by atoms with Crippen molar-refractivity contribution in [2.75, 3.05) is 0 Å². The van der Waals surface area contributed by atoms with Crippen LogP contribution in [-0.4, -0.2) is 15.1 Å². The van der Waals surface area contributed by atoms with E-state index in [4.69, 9.17) is 0 Å². The van der Waals surface area contributed by atoms with E-state index in [0.29, 0.717) is 0 Å². The number of rotatable bonds is 1. The summed E-state index contributed by atoms with van der Waals surface area (Å²) in [7, 11) is 0. The third-order valence-electron chi connectivity index (χ3n) is 4.94. The van der Waals surface area contributed by atoms with Crippen LogP contribution >= 0.6 is 0 Å². The van der Waals surface area contributed by atoms with Gasteiger partial charge in [0.15, 0.2) is 0 Å². The Labute approximate surface area is 226 Å². The molecular weight excluding hydrogens is 440 g/mol. The second kappa shape index (κ2) is 16.2. The minimum atomic E-state index is -0.758. The molecule has 2 rings (SSSR count). The molecule has 0 bridgehead atoms. The molecule has 0 radical (unpaired) electrons. The zero-order valence-corrected chi connectivity index (χ0v) is 27.7. The van der Waals surface area contributed by atoms with Crippen LogP contribution in [0.1, 0.15) is 152 Å². The van der Waals surface area contributed by atoms with Gasteiger partial charge in [0.25, 0.3) is 0 Å². The summed E-state index contributed by atoms with van der Waals surface area (Å²) in [5.41, 5.74) is 5.14. The summed E-state index contributed by atoms with van der Waals surface area (Å²) in [6, 6.07) is 8.42. The molecule has 0 aliphatic carbocycles. The average molecular weight is 503 g/mol. The monoisotopic (exact) mass is 502 g/mol. The summed E-state index contributed by atoms with van der Waals surface area (Å²) in [6.45, 7) is 39.3. The molecule has 0 aliphatic rings. The quantitative estimate of drug-likeness (QED) is 0.422. The van der Waals surface area contributed by atoms with Crippen LogP contribution in [0.2, 0.25) is 0 Å². The van der Waals surface area contributed by atoms with Crippen molar-refractivity contribution >= 4 is 0 Å². The van der Waals surface area contributed by atoms with E-state index in [-0.39, 0.29) is 16.2 Å². The SMILES string of the molecule is CC.CC.CC.Cc1cc(C(C)(C)C)cc(C(C)(C)O)c1.Cc1cc(C(C)(C)C)nc(C(C)(C)C)n1. The summed E-state index contributed by atoms with van der Waals surface area (Å²) in [5, 5.41) is 10.0. The van der Waals surface area contributed by atoms with Gasteiger partial charge in [0, 0.05) is 22.2 Å². The maximum atomic E-state index is 10.0. The van der Waals surface area contributed by atoms with Crippen LogP contribution in [0.15, 0.2) is 24.3 Å². The van der Waals surface area contributed by atoms with Crippen LogP contribution in [0.3, 0.4) is 0 Å². The normalized spacial score (nSPS) is 11.3. The first-order chi connectivity index (χ1) is 16.2. The number of aliphatic hydroxyl groups is 1. The van der Waals surface area contributed by atoms with Crippen molar-refractivity contribution in [3.05, 3.63) is 58.2 Å². The second-order valence-electron chi connectivity index (χ2n) is 12.1. The van der Waals surface area contributed by atoms with Gasteiger partial charge in [0.05, 0.1) is 5.60 Å². The van der Waals surface area contributed by atoms with Crippen LogP contribution in [-0.2, 0) is 21.8 Å². The molecule has 3 nitrogen and oxygen atoms in total. The summed E-state index contributed by atoms with van der Waals surface area (Å²) < 4.78 is 0. The molecule has 0 saturated heterocycles. The van der Waals surface area contributed by atoms with E-state index in [2.05, 4.69) is 103 Å². The molecule has 0 amide bonds. The molecule has 1 N–H and O–H groups in total. The standard InChI is InChI=1S/C14H22O.C13H22N2.3C2H6/c1-10-7-11(13(2,3)4)9-12(8-10)14(5,6)15;1-9-8-10(12(2,3)4)15-11(14-9)13(5,6)7;3*1-2/h7-9,15H,1-6H3;8H,1-7H3;3*1-2H3. The molecule has 0 atom stereocenters. The van der Waals surface area contributed by atoms with Crippen LogP contribution in [0, 0.1) is 13.8 Å². The predicted octanol–water partition coefficient (Wildman–Crippen LogP) is 9.98. The Bertz CT molecular complexity index is 717. The third kappa shape index (κ3) is 14.7. The largest absolute Gasteiger partial charge is 0.386 e. The highest BCUT2D eigenvalue weighted by molar-refractivity contribution is 5.35. The molecule has 36 heavy (non-hydrogen) atoms. The van der Waals surface area contributed by atoms with Gasteiger partial charge in [-0.3, -0.25) is 0 Å². The maximum Gasteiger partial charge on any atom is 0.134 e. The van der Waals surface area contributed by atoms with Gasteiger partial charge in [-0.2, -0.15) is 0 Å². The summed E-state index contributed by atoms with van der Waals surface area (Å²) >= 11 is 0. The summed E-state index contributed by atoms with van der Waals surface area (Å²) in [4.78, 5) is 9.17. The van der Waals surface area contributed by atoms with Crippen molar-refractivity contribution in [2.45, 2.75) is 153 Å². The van der Waals surface area contributed by atoms with Gasteiger partial charge in [-0.15, -0.1) is 0 Å². The van der Waals surface area contributed by atoms with E-state index >= 15 is 0 Å². The molecule has 0 spiro atoms. The molecule has 0 fully saturated rings. The Kier molecular flexibility index (Phi) is 17.4. The molecular formula is C33H62N2O. The first-order valence-corrected chi connectivity index (χ1v) is 13.9. The Morgan fingerprint density at radius 1 is 0.528 bits per heavy atom. The lowest BCUT2D eigenvalue weighted by Gasteiger charge is -2.24. The van der Waals surface area contributed by atoms with Gasteiger partial charge in [-0.1, -0.05) is 128 Å². The van der Waals surface area contributed by atoms with E-state index in [1.807, 2.05) is 62.3 Å². The number of benzene rings is 1. The molecule has 0 saturated carbocycles. The fourth-order valence-electron chi connectivity index (χ4n) is 2.86. The van der Waals surface area contributed by atoms with E-state index < -0.39 is 5.60 Å². The van der Waals surface area contributed by atoms with E-state index in [0.717, 1.165) is 22.8 Å². The fourth-order valence-corrected chi connectivity index (χ4v) is 2.86. The zero-order valence-electron chi connectivity index (χ0n) is 27.7. The van der Waals surface area contributed by atoms with Gasteiger partial charge in [0.2, 0.25) is 0 Å². The van der Waals surface area contributed by atoms with Gasteiger partial charge < -0.3 is 5.11 Å². The Morgan fingerprint density at radius 3 is 1.28 bits per heavy atom. The maximum absolute atomic E-state index is 10.0. The first kappa shape index (κ1) is 38.8.